The number of carbonyl (C=O) groups is 4. The van der Waals surface area contributed by atoms with Gasteiger partial charge in [-0.15, -0.1) is 0 Å². The van der Waals surface area contributed by atoms with Crippen LogP contribution >= 0.6 is 15.9 Å². The Morgan fingerprint density at radius 2 is 1.00 bits per heavy atom. The van der Waals surface area contributed by atoms with Crippen LogP contribution < -0.4 is 0 Å². The number of carbonyl (C=O) groups excluding carboxylic acids is 4. The topological polar surface area (TPSA) is 149 Å². The molecule has 3 aromatic carbocycles. The summed E-state index contributed by atoms with van der Waals surface area (Å²) in [5, 5.41) is 44.3. The van der Waals surface area contributed by atoms with Crippen molar-refractivity contribution >= 4 is 39.1 Å². The second-order valence-corrected chi connectivity index (χ2v) is 9.06. The van der Waals surface area contributed by atoms with Crippen molar-refractivity contribution in [3.05, 3.63) is 108 Å². The van der Waals surface area contributed by atoms with E-state index in [1.165, 1.54) is 84.9 Å². The third kappa shape index (κ3) is 4.40. The average molecular weight is 541 g/mol. The van der Waals surface area contributed by atoms with Crippen LogP contribution in [-0.2, 0) is 4.79 Å². The van der Waals surface area contributed by atoms with Crippen LogP contribution in [0, 0.1) is 0 Å². The fraction of sp³-hybridized carbons (Fsp3) is 0.154. The third-order valence-corrected chi connectivity index (χ3v) is 6.41. The maximum absolute atomic E-state index is 13.6. The highest BCUT2D eigenvalue weighted by atomic mass is 79.9. The number of benzene rings is 3. The van der Waals surface area contributed by atoms with Crippen molar-refractivity contribution in [2.45, 2.75) is 15.7 Å². The van der Waals surface area contributed by atoms with Crippen LogP contribution in [0.5, 0.6) is 0 Å². The van der Waals surface area contributed by atoms with Crippen molar-refractivity contribution in [3.63, 3.8) is 0 Å². The molecule has 0 aliphatic carbocycles. The molecule has 0 unspecified atom stereocenters. The molecular weight excluding hydrogens is 520 g/mol. The van der Waals surface area contributed by atoms with E-state index in [1.54, 1.807) is 6.07 Å². The van der Waals surface area contributed by atoms with E-state index in [0.29, 0.717) is 0 Å². The van der Waals surface area contributed by atoms with E-state index in [0.717, 1.165) is 0 Å². The number of rotatable bonds is 10. The van der Waals surface area contributed by atoms with Gasteiger partial charge in [-0.3, -0.25) is 19.2 Å². The van der Waals surface area contributed by atoms with Gasteiger partial charge in [-0.2, -0.15) is 0 Å². The number of aliphatic hydroxyl groups is 4. The number of hydrogen-bond donors (Lipinski definition) is 4. The molecule has 0 saturated carbocycles. The lowest BCUT2D eigenvalue weighted by molar-refractivity contribution is -0.178. The lowest BCUT2D eigenvalue weighted by atomic mass is 9.67. The zero-order valence-electron chi connectivity index (χ0n) is 18.2. The van der Waals surface area contributed by atoms with Gasteiger partial charge in [-0.05, 0) is 15.9 Å². The highest BCUT2D eigenvalue weighted by Gasteiger charge is 2.73. The summed E-state index contributed by atoms with van der Waals surface area (Å²) in [6, 6.07) is 20.3. The van der Waals surface area contributed by atoms with Crippen LogP contribution in [0.2, 0.25) is 0 Å². The Balaban J connectivity index is 2.35. The zero-order chi connectivity index (χ0) is 25.9. The van der Waals surface area contributed by atoms with Gasteiger partial charge in [0.05, 0.1) is 6.61 Å². The van der Waals surface area contributed by atoms with Gasteiger partial charge in [0.1, 0.15) is 0 Å². The molecule has 0 amide bonds. The van der Waals surface area contributed by atoms with Gasteiger partial charge in [0, 0.05) is 16.7 Å². The number of halogens is 1. The molecule has 0 heterocycles. The summed E-state index contributed by atoms with van der Waals surface area (Å²) in [4.78, 5) is 53.9. The molecule has 35 heavy (non-hydrogen) atoms. The molecule has 180 valence electrons. The highest BCUT2D eigenvalue weighted by molar-refractivity contribution is 9.10. The molecule has 4 N–H and O–H groups in total. The minimum atomic E-state index is -3.87. The number of alkyl halides is 1. The minimum absolute atomic E-state index is 0.242. The number of hydrogen-bond acceptors (Lipinski definition) is 8. The fourth-order valence-electron chi connectivity index (χ4n) is 3.64. The number of Topliss-reactive ketones (excluding diaryl/α,β-unsaturated/α-hetero) is 4. The van der Waals surface area contributed by atoms with Crippen molar-refractivity contribution in [3.8, 4) is 0 Å². The Morgan fingerprint density at radius 1 is 0.629 bits per heavy atom. The van der Waals surface area contributed by atoms with E-state index in [-0.39, 0.29) is 16.7 Å². The van der Waals surface area contributed by atoms with Crippen LogP contribution in [0.4, 0.5) is 0 Å². The van der Waals surface area contributed by atoms with Crippen LogP contribution in [0.15, 0.2) is 91.0 Å². The Kier molecular flexibility index (Phi) is 7.59. The van der Waals surface area contributed by atoms with Crippen LogP contribution in [0.1, 0.15) is 31.1 Å². The van der Waals surface area contributed by atoms with E-state index >= 15 is 0 Å². The summed E-state index contributed by atoms with van der Waals surface area (Å²) in [5.74, 6) is -6.31. The molecule has 0 bridgehead atoms. The Labute approximate surface area is 208 Å². The molecular formula is C26H21BrO8. The van der Waals surface area contributed by atoms with E-state index in [4.69, 9.17) is 0 Å². The SMILES string of the molecule is O=C(C(=O)[C@@](O)(C(=O)c1ccccc1)[C@@](O)(C(=O)c1ccccc1)[C@@](O)(Br)CO)c1ccccc1. The van der Waals surface area contributed by atoms with Crippen molar-refractivity contribution < 1.29 is 39.6 Å². The standard InChI is InChI=1S/C26H21BrO8/c27-24(33,16-28)26(35,22(31)19-14-8-3-9-15-19)25(34,21(30)18-12-6-2-7-13-18)23(32)20(29)17-10-4-1-5-11-17/h1-15,28,33-35H,16H2/t24-,25+,26-/m1/s1. The Morgan fingerprint density at radius 3 is 1.40 bits per heavy atom. The Bertz CT molecular complexity index is 1240. The molecule has 0 saturated heterocycles. The van der Waals surface area contributed by atoms with E-state index in [1.807, 2.05) is 0 Å². The van der Waals surface area contributed by atoms with E-state index < -0.39 is 45.5 Å². The second kappa shape index (κ2) is 10.1. The summed E-state index contributed by atoms with van der Waals surface area (Å²) in [6.07, 6.45) is 0. The molecule has 3 atom stereocenters. The first-order valence-electron chi connectivity index (χ1n) is 10.3. The molecule has 0 aromatic heterocycles. The van der Waals surface area contributed by atoms with Gasteiger partial charge < -0.3 is 20.4 Å². The molecule has 0 fully saturated rings. The number of aliphatic hydroxyl groups excluding tert-OH is 1. The maximum atomic E-state index is 13.6. The first-order valence-corrected chi connectivity index (χ1v) is 11.1. The molecule has 3 aromatic rings. The summed E-state index contributed by atoms with van der Waals surface area (Å²) in [6.45, 7) is -1.43. The average Bonchev–Trinajstić information content (AvgIpc) is 2.91. The van der Waals surface area contributed by atoms with Crippen molar-refractivity contribution in [2.75, 3.05) is 6.61 Å². The molecule has 9 heteroatoms. The lowest BCUT2D eigenvalue weighted by Crippen LogP contribution is -2.77. The van der Waals surface area contributed by atoms with Crippen LogP contribution in [0.3, 0.4) is 0 Å². The van der Waals surface area contributed by atoms with E-state index in [9.17, 15) is 39.6 Å². The van der Waals surface area contributed by atoms with E-state index in [2.05, 4.69) is 15.9 Å². The molecule has 3 rings (SSSR count). The molecule has 0 radical (unpaired) electrons. The predicted octanol–water partition coefficient (Wildman–Crippen LogP) is 1.74. The van der Waals surface area contributed by atoms with Gasteiger partial charge in [0.25, 0.3) is 0 Å². The quantitative estimate of drug-likeness (QED) is 0.131. The number of ketones is 4. The first kappa shape index (κ1) is 26.3. The zero-order valence-corrected chi connectivity index (χ0v) is 19.8. The van der Waals surface area contributed by atoms with Crippen molar-refractivity contribution in [1.29, 1.82) is 0 Å². The predicted molar refractivity (Wildman–Crippen MR) is 128 cm³/mol. The third-order valence-electron chi connectivity index (χ3n) is 5.59. The van der Waals surface area contributed by atoms with Crippen molar-refractivity contribution in [1.82, 2.24) is 0 Å². The molecule has 0 spiro atoms. The van der Waals surface area contributed by atoms with Gasteiger partial charge in [-0.1, -0.05) is 91.0 Å². The van der Waals surface area contributed by atoms with Gasteiger partial charge in [0.2, 0.25) is 34.3 Å². The monoisotopic (exact) mass is 540 g/mol. The summed E-state index contributed by atoms with van der Waals surface area (Å²) < 4.78 is -3.14. The van der Waals surface area contributed by atoms with Crippen molar-refractivity contribution in [2.24, 2.45) is 0 Å². The molecule has 0 aliphatic heterocycles. The first-order chi connectivity index (χ1) is 16.5. The lowest BCUT2D eigenvalue weighted by Gasteiger charge is -2.45. The van der Waals surface area contributed by atoms with Gasteiger partial charge in [0.15, 0.2) is 4.51 Å². The Hall–Kier alpha value is -3.34. The van der Waals surface area contributed by atoms with Crippen LogP contribution in [0.25, 0.3) is 0 Å². The smallest absolute Gasteiger partial charge is 0.246 e. The van der Waals surface area contributed by atoms with Crippen LogP contribution in [-0.4, -0.2) is 65.9 Å². The largest absolute Gasteiger partial charge is 0.392 e. The summed E-state index contributed by atoms with van der Waals surface area (Å²) in [5.41, 5.74) is -8.53. The fourth-order valence-corrected chi connectivity index (χ4v) is 4.11. The normalized spacial score (nSPS) is 16.3. The van der Waals surface area contributed by atoms with Gasteiger partial charge >= 0.3 is 0 Å². The van der Waals surface area contributed by atoms with Gasteiger partial charge in [-0.25, -0.2) is 0 Å². The summed E-state index contributed by atoms with van der Waals surface area (Å²) in [7, 11) is 0. The molecule has 8 nitrogen and oxygen atoms in total. The minimum Gasteiger partial charge on any atom is -0.392 e. The second-order valence-electron chi connectivity index (χ2n) is 7.75. The summed E-state index contributed by atoms with van der Waals surface area (Å²) >= 11 is 2.61. The highest BCUT2D eigenvalue weighted by Crippen LogP contribution is 2.43. The molecule has 0 aliphatic rings. The maximum Gasteiger partial charge on any atom is 0.246 e.